The molecule has 0 aliphatic carbocycles. The van der Waals surface area contributed by atoms with Crippen molar-refractivity contribution in [3.8, 4) is 5.75 Å². The van der Waals surface area contributed by atoms with Gasteiger partial charge in [0.25, 0.3) is 0 Å². The molecule has 3 heteroatoms. The molecular weight excluding hydrogens is 115 g/mol. The van der Waals surface area contributed by atoms with E-state index in [1.54, 1.807) is 18.2 Å². The maximum atomic E-state index is 8.81. The molecule has 0 heterocycles. The Morgan fingerprint density at radius 3 is 2.56 bits per heavy atom. The lowest BCUT2D eigenvalue weighted by atomic mass is 9.89. The lowest BCUT2D eigenvalue weighted by Gasteiger charge is -1.92. The van der Waals surface area contributed by atoms with E-state index >= 15 is 0 Å². The molecule has 0 saturated heterocycles. The van der Waals surface area contributed by atoms with Gasteiger partial charge in [0.2, 0.25) is 0 Å². The molecule has 1 radical (unpaired) electrons. The summed E-state index contributed by atoms with van der Waals surface area (Å²) in [6.45, 7) is 0. The van der Waals surface area contributed by atoms with Crippen molar-refractivity contribution in [2.45, 2.75) is 0 Å². The van der Waals surface area contributed by atoms with Gasteiger partial charge in [-0.25, -0.2) is 0 Å². The maximum absolute atomic E-state index is 8.81. The van der Waals surface area contributed by atoms with Gasteiger partial charge < -0.3 is 10.1 Å². The molecular formula is C6H6BO2. The SMILES string of the molecule is O[B]c1cccc(O)c1. The van der Waals surface area contributed by atoms with Gasteiger partial charge in [-0.3, -0.25) is 0 Å². The van der Waals surface area contributed by atoms with Crippen molar-refractivity contribution < 1.29 is 10.1 Å². The molecule has 45 valence electrons. The molecule has 0 unspecified atom stereocenters. The van der Waals surface area contributed by atoms with Crippen molar-refractivity contribution in [2.75, 3.05) is 0 Å². The molecule has 0 spiro atoms. The Morgan fingerprint density at radius 1 is 1.33 bits per heavy atom. The largest absolute Gasteiger partial charge is 0.508 e. The highest BCUT2D eigenvalue weighted by atomic mass is 16.3. The molecule has 0 fully saturated rings. The molecule has 2 nitrogen and oxygen atoms in total. The average Bonchev–Trinajstić information content (AvgIpc) is 1.88. The van der Waals surface area contributed by atoms with E-state index in [0.29, 0.717) is 5.46 Å². The number of benzene rings is 1. The molecule has 0 aliphatic rings. The number of aromatic hydroxyl groups is 1. The van der Waals surface area contributed by atoms with Crippen LogP contribution in [0.1, 0.15) is 0 Å². The third-order valence-corrected chi connectivity index (χ3v) is 1.02. The second kappa shape index (κ2) is 2.55. The predicted molar refractivity (Wildman–Crippen MR) is 35.7 cm³/mol. The van der Waals surface area contributed by atoms with Crippen LogP contribution in [0.4, 0.5) is 0 Å². The van der Waals surface area contributed by atoms with Gasteiger partial charge in [0.1, 0.15) is 5.75 Å². The van der Waals surface area contributed by atoms with Crippen molar-refractivity contribution in [1.29, 1.82) is 0 Å². The van der Waals surface area contributed by atoms with Crippen LogP contribution < -0.4 is 5.46 Å². The summed E-state index contributed by atoms with van der Waals surface area (Å²) < 4.78 is 0. The van der Waals surface area contributed by atoms with Gasteiger partial charge in [0.15, 0.2) is 0 Å². The van der Waals surface area contributed by atoms with E-state index in [1.807, 2.05) is 0 Å². The minimum Gasteiger partial charge on any atom is -0.508 e. The summed E-state index contributed by atoms with van der Waals surface area (Å²) in [5, 5.41) is 17.2. The van der Waals surface area contributed by atoms with Crippen molar-refractivity contribution >= 4 is 12.9 Å². The van der Waals surface area contributed by atoms with Gasteiger partial charge >= 0.3 is 7.48 Å². The highest BCUT2D eigenvalue weighted by Crippen LogP contribution is 2.01. The molecule has 1 rings (SSSR count). The fraction of sp³-hybridized carbons (Fsp3) is 0. The molecule has 0 bridgehead atoms. The van der Waals surface area contributed by atoms with Crippen LogP contribution >= 0.6 is 0 Å². The van der Waals surface area contributed by atoms with Crippen LogP contribution in [0.25, 0.3) is 0 Å². The van der Waals surface area contributed by atoms with Crippen LogP contribution in [-0.4, -0.2) is 17.6 Å². The van der Waals surface area contributed by atoms with E-state index < -0.39 is 0 Å². The molecule has 0 aliphatic heterocycles. The standard InChI is InChI=1S/C6H6BO2/c8-6-3-1-2-5(4-6)7-9/h1-4,8-9H. The van der Waals surface area contributed by atoms with E-state index in [2.05, 4.69) is 0 Å². The van der Waals surface area contributed by atoms with E-state index in [0.717, 1.165) is 7.48 Å². The van der Waals surface area contributed by atoms with E-state index in [9.17, 15) is 0 Å². The predicted octanol–water partition coefficient (Wildman–Crippen LogP) is -0.371. The Morgan fingerprint density at radius 2 is 2.11 bits per heavy atom. The highest BCUT2D eigenvalue weighted by Gasteiger charge is 1.91. The van der Waals surface area contributed by atoms with Gasteiger partial charge in [-0.05, 0) is 12.1 Å². The first-order chi connectivity index (χ1) is 4.33. The van der Waals surface area contributed by atoms with Gasteiger partial charge in [-0.1, -0.05) is 17.6 Å². The van der Waals surface area contributed by atoms with Crippen molar-refractivity contribution in [1.82, 2.24) is 0 Å². The second-order valence-corrected chi connectivity index (χ2v) is 1.72. The minimum absolute atomic E-state index is 0.165. The van der Waals surface area contributed by atoms with E-state index in [-0.39, 0.29) is 5.75 Å². The fourth-order valence-corrected chi connectivity index (χ4v) is 0.605. The first-order valence-corrected chi connectivity index (χ1v) is 2.59. The van der Waals surface area contributed by atoms with E-state index in [1.165, 1.54) is 6.07 Å². The van der Waals surface area contributed by atoms with Crippen LogP contribution in [0.2, 0.25) is 0 Å². The molecule has 1 aromatic carbocycles. The number of rotatable bonds is 1. The first kappa shape index (κ1) is 6.17. The van der Waals surface area contributed by atoms with Gasteiger partial charge in [-0.2, -0.15) is 0 Å². The Labute approximate surface area is 54.0 Å². The number of hydrogen-bond acceptors (Lipinski definition) is 2. The van der Waals surface area contributed by atoms with Gasteiger partial charge in [0, 0.05) is 0 Å². The molecule has 0 atom stereocenters. The third kappa shape index (κ3) is 1.47. The Balaban J connectivity index is 2.94. The van der Waals surface area contributed by atoms with Crippen molar-refractivity contribution in [3.05, 3.63) is 24.3 Å². The maximum Gasteiger partial charge on any atom is 0.326 e. The van der Waals surface area contributed by atoms with E-state index in [4.69, 9.17) is 10.1 Å². The summed E-state index contributed by atoms with van der Waals surface area (Å²) in [6.07, 6.45) is 0. The normalized spacial score (nSPS) is 9.00. The molecule has 2 N–H and O–H groups in total. The van der Waals surface area contributed by atoms with Crippen molar-refractivity contribution in [3.63, 3.8) is 0 Å². The molecule has 9 heavy (non-hydrogen) atoms. The summed E-state index contributed by atoms with van der Waals surface area (Å²) in [5.41, 5.74) is 0.606. The minimum atomic E-state index is 0.165. The fourth-order valence-electron chi connectivity index (χ4n) is 0.605. The first-order valence-electron chi connectivity index (χ1n) is 2.59. The summed E-state index contributed by atoms with van der Waals surface area (Å²) in [7, 11) is 0.944. The van der Waals surface area contributed by atoms with Crippen LogP contribution in [0.3, 0.4) is 0 Å². The van der Waals surface area contributed by atoms with Crippen LogP contribution in [0.5, 0.6) is 5.75 Å². The summed E-state index contributed by atoms with van der Waals surface area (Å²) in [6, 6.07) is 6.38. The second-order valence-electron chi connectivity index (χ2n) is 1.72. The topological polar surface area (TPSA) is 40.5 Å². The zero-order chi connectivity index (χ0) is 6.69. The quantitative estimate of drug-likeness (QED) is 0.497. The average molecular weight is 121 g/mol. The summed E-state index contributed by atoms with van der Waals surface area (Å²) in [4.78, 5) is 0. The lowest BCUT2D eigenvalue weighted by Crippen LogP contribution is -2.11. The van der Waals surface area contributed by atoms with Crippen LogP contribution in [-0.2, 0) is 0 Å². The Bertz CT molecular complexity index is 200. The molecule has 0 amide bonds. The van der Waals surface area contributed by atoms with Crippen molar-refractivity contribution in [2.24, 2.45) is 0 Å². The smallest absolute Gasteiger partial charge is 0.326 e. The Hall–Kier alpha value is -0.955. The molecule has 1 aromatic rings. The zero-order valence-corrected chi connectivity index (χ0v) is 4.78. The van der Waals surface area contributed by atoms with Gasteiger partial charge in [0.05, 0.1) is 0 Å². The summed E-state index contributed by atoms with van der Waals surface area (Å²) in [5.74, 6) is 0.165. The molecule has 0 aromatic heterocycles. The lowest BCUT2D eigenvalue weighted by molar-refractivity contribution is 0.475. The Kier molecular flexibility index (Phi) is 1.75. The highest BCUT2D eigenvalue weighted by molar-refractivity contribution is 6.45. The third-order valence-electron chi connectivity index (χ3n) is 1.02. The number of phenols is 1. The summed E-state index contributed by atoms with van der Waals surface area (Å²) >= 11 is 0. The van der Waals surface area contributed by atoms with Crippen LogP contribution in [0, 0.1) is 0 Å². The zero-order valence-electron chi connectivity index (χ0n) is 4.78. The number of phenolic OH excluding ortho intramolecular Hbond substituents is 1. The van der Waals surface area contributed by atoms with Gasteiger partial charge in [-0.15, -0.1) is 0 Å². The monoisotopic (exact) mass is 121 g/mol. The number of hydrogen-bond donors (Lipinski definition) is 2. The van der Waals surface area contributed by atoms with Crippen LogP contribution in [0.15, 0.2) is 24.3 Å². The molecule has 0 saturated carbocycles.